The molecular formula is C21H29N5O. The van der Waals surface area contributed by atoms with Gasteiger partial charge < -0.3 is 15.1 Å². The number of carbonyl (C=O) groups is 1. The topological polar surface area (TPSA) is 61.4 Å². The molecule has 6 heteroatoms. The number of piperidine rings is 1. The van der Waals surface area contributed by atoms with E-state index in [0.717, 1.165) is 45.4 Å². The molecule has 0 aliphatic carbocycles. The van der Waals surface area contributed by atoms with Crippen LogP contribution in [-0.4, -0.2) is 65.9 Å². The molecule has 1 amide bonds. The quantitative estimate of drug-likeness (QED) is 0.815. The number of anilines is 1. The second-order valence-corrected chi connectivity index (χ2v) is 7.45. The zero-order valence-electron chi connectivity index (χ0n) is 16.3. The number of likely N-dealkylation sites (N-methyl/N-ethyl adjacent to an activating group) is 1. The van der Waals surface area contributed by atoms with Gasteiger partial charge in [0.25, 0.3) is 5.91 Å². The van der Waals surface area contributed by atoms with Gasteiger partial charge in [-0.1, -0.05) is 30.3 Å². The van der Waals surface area contributed by atoms with Gasteiger partial charge in [-0.05, 0) is 44.8 Å². The average Bonchev–Trinajstić information content (AvgIpc) is 2.69. The second-order valence-electron chi connectivity index (χ2n) is 7.45. The number of carbonyl (C=O) groups excluding carboxylic acids is 1. The number of likely N-dealkylation sites (tertiary alicyclic amines) is 1. The SMILES string of the molecule is CN(C)CCNc1ncc(C(=O)N2CCC(Cc3ccccc3)CC2)cn1. The van der Waals surface area contributed by atoms with Gasteiger partial charge in [0, 0.05) is 38.6 Å². The monoisotopic (exact) mass is 367 g/mol. The molecular weight excluding hydrogens is 338 g/mol. The number of hydrogen-bond acceptors (Lipinski definition) is 5. The van der Waals surface area contributed by atoms with Crippen molar-refractivity contribution in [3.8, 4) is 0 Å². The highest BCUT2D eigenvalue weighted by molar-refractivity contribution is 5.93. The van der Waals surface area contributed by atoms with Gasteiger partial charge in [0.05, 0.1) is 5.56 Å². The highest BCUT2D eigenvalue weighted by Gasteiger charge is 2.24. The van der Waals surface area contributed by atoms with Crippen LogP contribution < -0.4 is 5.32 Å². The number of aromatic nitrogens is 2. The van der Waals surface area contributed by atoms with Gasteiger partial charge in [0.2, 0.25) is 5.95 Å². The summed E-state index contributed by atoms with van der Waals surface area (Å²) in [5.74, 6) is 1.25. The Labute approximate surface area is 161 Å². The minimum atomic E-state index is 0.0352. The Morgan fingerprint density at radius 1 is 1.15 bits per heavy atom. The molecule has 2 aromatic rings. The van der Waals surface area contributed by atoms with Gasteiger partial charge in [0.1, 0.15) is 0 Å². The van der Waals surface area contributed by atoms with Crippen LogP contribution in [0.25, 0.3) is 0 Å². The van der Waals surface area contributed by atoms with Crippen molar-refractivity contribution < 1.29 is 4.79 Å². The van der Waals surface area contributed by atoms with Crippen LogP contribution >= 0.6 is 0 Å². The van der Waals surface area contributed by atoms with E-state index in [2.05, 4.69) is 50.5 Å². The number of benzene rings is 1. The lowest BCUT2D eigenvalue weighted by Gasteiger charge is -2.32. The highest BCUT2D eigenvalue weighted by atomic mass is 16.2. The van der Waals surface area contributed by atoms with E-state index in [1.54, 1.807) is 12.4 Å². The highest BCUT2D eigenvalue weighted by Crippen LogP contribution is 2.22. The molecule has 1 fully saturated rings. The molecule has 1 N–H and O–H groups in total. The minimum Gasteiger partial charge on any atom is -0.353 e. The van der Waals surface area contributed by atoms with Crippen LogP contribution in [0.2, 0.25) is 0 Å². The van der Waals surface area contributed by atoms with E-state index in [1.165, 1.54) is 5.56 Å². The third kappa shape index (κ3) is 5.76. The Balaban J connectivity index is 1.47. The molecule has 2 heterocycles. The largest absolute Gasteiger partial charge is 0.353 e. The summed E-state index contributed by atoms with van der Waals surface area (Å²) >= 11 is 0. The van der Waals surface area contributed by atoms with Crippen molar-refractivity contribution in [2.24, 2.45) is 5.92 Å². The Hall–Kier alpha value is -2.47. The van der Waals surface area contributed by atoms with Crippen molar-refractivity contribution >= 4 is 11.9 Å². The molecule has 1 saturated heterocycles. The molecule has 1 aromatic heterocycles. The number of nitrogens with zero attached hydrogens (tertiary/aromatic N) is 4. The molecule has 0 bridgehead atoms. The second kappa shape index (κ2) is 9.46. The number of nitrogens with one attached hydrogen (secondary N) is 1. The van der Waals surface area contributed by atoms with Gasteiger partial charge in [-0.15, -0.1) is 0 Å². The molecule has 27 heavy (non-hydrogen) atoms. The van der Waals surface area contributed by atoms with Gasteiger partial charge in [-0.2, -0.15) is 0 Å². The predicted molar refractivity (Wildman–Crippen MR) is 108 cm³/mol. The van der Waals surface area contributed by atoms with Gasteiger partial charge in [-0.3, -0.25) is 4.79 Å². The van der Waals surface area contributed by atoms with Crippen molar-refractivity contribution in [1.29, 1.82) is 0 Å². The van der Waals surface area contributed by atoms with Crippen LogP contribution in [0.1, 0.15) is 28.8 Å². The molecule has 3 rings (SSSR count). The van der Waals surface area contributed by atoms with E-state index in [0.29, 0.717) is 17.4 Å². The first kappa shape index (κ1) is 19.3. The smallest absolute Gasteiger partial charge is 0.256 e. The zero-order valence-corrected chi connectivity index (χ0v) is 16.3. The van der Waals surface area contributed by atoms with Crippen molar-refractivity contribution in [2.75, 3.05) is 45.6 Å². The van der Waals surface area contributed by atoms with Gasteiger partial charge in [0.15, 0.2) is 0 Å². The van der Waals surface area contributed by atoms with Crippen LogP contribution in [0.5, 0.6) is 0 Å². The van der Waals surface area contributed by atoms with Crippen molar-refractivity contribution in [3.63, 3.8) is 0 Å². The maximum absolute atomic E-state index is 12.7. The van der Waals surface area contributed by atoms with Crippen molar-refractivity contribution in [2.45, 2.75) is 19.3 Å². The summed E-state index contributed by atoms with van der Waals surface area (Å²) < 4.78 is 0. The van der Waals surface area contributed by atoms with Crippen LogP contribution in [0, 0.1) is 5.92 Å². The Kier molecular flexibility index (Phi) is 6.76. The molecule has 0 spiro atoms. The van der Waals surface area contributed by atoms with Crippen LogP contribution in [-0.2, 0) is 6.42 Å². The molecule has 0 radical (unpaired) electrons. The molecule has 0 saturated carbocycles. The summed E-state index contributed by atoms with van der Waals surface area (Å²) in [7, 11) is 4.04. The summed E-state index contributed by atoms with van der Waals surface area (Å²) in [4.78, 5) is 25.3. The fraction of sp³-hybridized carbons (Fsp3) is 0.476. The maximum atomic E-state index is 12.7. The van der Waals surface area contributed by atoms with Crippen LogP contribution in [0.4, 0.5) is 5.95 Å². The van der Waals surface area contributed by atoms with E-state index in [1.807, 2.05) is 19.0 Å². The van der Waals surface area contributed by atoms with E-state index in [9.17, 15) is 4.79 Å². The van der Waals surface area contributed by atoms with E-state index >= 15 is 0 Å². The lowest BCUT2D eigenvalue weighted by atomic mass is 9.90. The van der Waals surface area contributed by atoms with E-state index in [-0.39, 0.29) is 5.91 Å². The fourth-order valence-electron chi connectivity index (χ4n) is 3.39. The zero-order chi connectivity index (χ0) is 19.1. The Morgan fingerprint density at radius 2 is 1.81 bits per heavy atom. The first-order valence-corrected chi connectivity index (χ1v) is 9.65. The summed E-state index contributed by atoms with van der Waals surface area (Å²) in [6, 6.07) is 10.6. The molecule has 1 aromatic carbocycles. The van der Waals surface area contributed by atoms with Crippen molar-refractivity contribution in [1.82, 2.24) is 19.8 Å². The Morgan fingerprint density at radius 3 is 2.44 bits per heavy atom. The fourth-order valence-corrected chi connectivity index (χ4v) is 3.39. The van der Waals surface area contributed by atoms with E-state index in [4.69, 9.17) is 0 Å². The van der Waals surface area contributed by atoms with Gasteiger partial charge >= 0.3 is 0 Å². The standard InChI is InChI=1S/C21H29N5O/c1-25(2)13-10-22-21-23-15-19(16-24-21)20(27)26-11-8-18(9-12-26)14-17-6-4-3-5-7-17/h3-7,15-16,18H,8-14H2,1-2H3,(H,22,23,24). The van der Waals surface area contributed by atoms with Crippen LogP contribution in [0.15, 0.2) is 42.7 Å². The molecule has 1 aliphatic rings. The summed E-state index contributed by atoms with van der Waals surface area (Å²) in [6.07, 6.45) is 6.45. The Bertz CT molecular complexity index is 709. The molecule has 6 nitrogen and oxygen atoms in total. The lowest BCUT2D eigenvalue weighted by molar-refractivity contribution is 0.0689. The summed E-state index contributed by atoms with van der Waals surface area (Å²) in [6.45, 7) is 3.29. The lowest BCUT2D eigenvalue weighted by Crippen LogP contribution is -2.39. The minimum absolute atomic E-state index is 0.0352. The van der Waals surface area contributed by atoms with E-state index < -0.39 is 0 Å². The summed E-state index contributed by atoms with van der Waals surface area (Å²) in [5.41, 5.74) is 1.95. The number of amides is 1. The maximum Gasteiger partial charge on any atom is 0.256 e. The first-order valence-electron chi connectivity index (χ1n) is 9.65. The third-order valence-electron chi connectivity index (χ3n) is 5.01. The third-order valence-corrected chi connectivity index (χ3v) is 5.01. The summed E-state index contributed by atoms with van der Waals surface area (Å²) in [5, 5.41) is 3.16. The normalized spacial score (nSPS) is 15.1. The molecule has 144 valence electrons. The van der Waals surface area contributed by atoms with Crippen LogP contribution in [0.3, 0.4) is 0 Å². The number of rotatable bonds is 7. The number of hydrogen-bond donors (Lipinski definition) is 1. The average molecular weight is 367 g/mol. The molecule has 0 unspecified atom stereocenters. The molecule has 0 atom stereocenters. The predicted octanol–water partition coefficient (Wildman–Crippen LogP) is 2.54. The molecule has 1 aliphatic heterocycles. The van der Waals surface area contributed by atoms with Crippen molar-refractivity contribution in [3.05, 3.63) is 53.9 Å². The van der Waals surface area contributed by atoms with Gasteiger partial charge in [-0.25, -0.2) is 9.97 Å². The first-order chi connectivity index (χ1) is 13.1.